The van der Waals surface area contributed by atoms with Crippen LogP contribution in [0.4, 0.5) is 0 Å². The molecule has 20 heavy (non-hydrogen) atoms. The van der Waals surface area contributed by atoms with Crippen molar-refractivity contribution in [3.63, 3.8) is 0 Å². The van der Waals surface area contributed by atoms with Crippen LogP contribution in [0.5, 0.6) is 0 Å². The highest BCUT2D eigenvalue weighted by Crippen LogP contribution is 2.37. The second kappa shape index (κ2) is 8.02. The van der Waals surface area contributed by atoms with Crippen LogP contribution in [0.15, 0.2) is 0 Å². The minimum absolute atomic E-state index is 0.212. The molecule has 0 bridgehead atoms. The molecule has 2 saturated heterocycles. The van der Waals surface area contributed by atoms with Gasteiger partial charge in [0, 0.05) is 31.8 Å². The first-order chi connectivity index (χ1) is 9.65. The zero-order valence-corrected chi connectivity index (χ0v) is 14.3. The Balaban J connectivity index is 1.70. The summed E-state index contributed by atoms with van der Waals surface area (Å²) in [5.74, 6) is 2.56. The van der Waals surface area contributed by atoms with Crippen LogP contribution in [0.1, 0.15) is 46.0 Å². The Morgan fingerprint density at radius 1 is 1.40 bits per heavy atom. The summed E-state index contributed by atoms with van der Waals surface area (Å²) >= 11 is 2.08. The number of rotatable bonds is 6. The normalized spacial score (nSPS) is 27.9. The number of hydrogen-bond acceptors (Lipinski definition) is 4. The molecule has 2 aliphatic rings. The van der Waals surface area contributed by atoms with E-state index in [-0.39, 0.29) is 5.60 Å². The third-order valence-electron chi connectivity index (χ3n) is 5.14. The summed E-state index contributed by atoms with van der Waals surface area (Å²) in [5, 5.41) is 3.77. The molecule has 2 atom stereocenters. The Labute approximate surface area is 129 Å². The van der Waals surface area contributed by atoms with Crippen molar-refractivity contribution in [3.8, 4) is 0 Å². The standard InChI is InChI=1S/C16H32N2OS/c1-4-14(2)18(3)9-8-17-15-5-10-19-16(13-15)6-11-20-12-7-16/h14-15,17H,4-13H2,1-3H3. The minimum atomic E-state index is 0.212. The highest BCUT2D eigenvalue weighted by molar-refractivity contribution is 7.99. The molecular formula is C16H32N2OS. The van der Waals surface area contributed by atoms with Gasteiger partial charge in [-0.05, 0) is 57.6 Å². The van der Waals surface area contributed by atoms with E-state index in [1.165, 1.54) is 43.6 Å². The van der Waals surface area contributed by atoms with Crippen LogP contribution in [0, 0.1) is 0 Å². The van der Waals surface area contributed by atoms with Gasteiger partial charge in [-0.2, -0.15) is 11.8 Å². The van der Waals surface area contributed by atoms with Gasteiger partial charge in [-0.1, -0.05) is 6.92 Å². The predicted molar refractivity (Wildman–Crippen MR) is 88.6 cm³/mol. The molecular weight excluding hydrogens is 268 g/mol. The summed E-state index contributed by atoms with van der Waals surface area (Å²) in [7, 11) is 2.24. The fraction of sp³-hybridized carbons (Fsp3) is 1.00. The fourth-order valence-corrected chi connectivity index (χ4v) is 4.51. The number of nitrogens with zero attached hydrogens (tertiary/aromatic N) is 1. The van der Waals surface area contributed by atoms with Crippen molar-refractivity contribution in [2.75, 3.05) is 38.2 Å². The first-order valence-electron chi connectivity index (χ1n) is 8.30. The molecule has 0 radical (unpaired) electrons. The Morgan fingerprint density at radius 3 is 2.85 bits per heavy atom. The van der Waals surface area contributed by atoms with Crippen LogP contribution in [-0.2, 0) is 4.74 Å². The van der Waals surface area contributed by atoms with E-state index >= 15 is 0 Å². The van der Waals surface area contributed by atoms with Gasteiger partial charge in [0.05, 0.1) is 5.60 Å². The van der Waals surface area contributed by atoms with E-state index in [1.54, 1.807) is 0 Å². The predicted octanol–water partition coefficient (Wildman–Crippen LogP) is 2.75. The zero-order chi connectivity index (χ0) is 14.4. The summed E-state index contributed by atoms with van der Waals surface area (Å²) in [6.07, 6.45) is 6.14. The van der Waals surface area contributed by atoms with Crippen molar-refractivity contribution in [3.05, 3.63) is 0 Å². The maximum Gasteiger partial charge on any atom is 0.0713 e. The quantitative estimate of drug-likeness (QED) is 0.815. The number of hydrogen-bond donors (Lipinski definition) is 1. The Bertz CT molecular complexity index is 276. The van der Waals surface area contributed by atoms with Crippen molar-refractivity contribution < 1.29 is 4.74 Å². The molecule has 2 heterocycles. The van der Waals surface area contributed by atoms with Crippen LogP contribution < -0.4 is 5.32 Å². The smallest absolute Gasteiger partial charge is 0.0713 e. The molecule has 0 aromatic heterocycles. The molecule has 2 fully saturated rings. The Hall–Kier alpha value is 0.230. The summed E-state index contributed by atoms with van der Waals surface area (Å²) in [6, 6.07) is 1.35. The topological polar surface area (TPSA) is 24.5 Å². The lowest BCUT2D eigenvalue weighted by atomic mass is 9.85. The van der Waals surface area contributed by atoms with Gasteiger partial charge in [0.1, 0.15) is 0 Å². The molecule has 1 spiro atoms. The molecule has 2 aliphatic heterocycles. The second-order valence-electron chi connectivity index (χ2n) is 6.53. The van der Waals surface area contributed by atoms with Crippen molar-refractivity contribution in [1.29, 1.82) is 0 Å². The molecule has 0 aromatic carbocycles. The Morgan fingerprint density at radius 2 is 2.15 bits per heavy atom. The Kier molecular flexibility index (Phi) is 6.66. The average Bonchev–Trinajstić information content (AvgIpc) is 2.47. The first kappa shape index (κ1) is 16.6. The van der Waals surface area contributed by atoms with Gasteiger partial charge >= 0.3 is 0 Å². The van der Waals surface area contributed by atoms with Crippen molar-refractivity contribution in [2.45, 2.75) is 63.6 Å². The van der Waals surface area contributed by atoms with E-state index in [0.717, 1.165) is 19.7 Å². The van der Waals surface area contributed by atoms with Crippen LogP contribution >= 0.6 is 11.8 Å². The van der Waals surface area contributed by atoms with E-state index in [4.69, 9.17) is 4.74 Å². The SMILES string of the molecule is CCC(C)N(C)CCNC1CCOC2(CCSCC2)C1. The van der Waals surface area contributed by atoms with Gasteiger partial charge in [-0.15, -0.1) is 0 Å². The van der Waals surface area contributed by atoms with Gasteiger partial charge in [-0.25, -0.2) is 0 Å². The lowest BCUT2D eigenvalue weighted by Crippen LogP contribution is -2.50. The van der Waals surface area contributed by atoms with E-state index in [0.29, 0.717) is 12.1 Å². The van der Waals surface area contributed by atoms with Gasteiger partial charge in [-0.3, -0.25) is 0 Å². The van der Waals surface area contributed by atoms with Gasteiger partial charge in [0.15, 0.2) is 0 Å². The molecule has 118 valence electrons. The summed E-state index contributed by atoms with van der Waals surface area (Å²) in [4.78, 5) is 2.46. The van der Waals surface area contributed by atoms with E-state index < -0.39 is 0 Å². The van der Waals surface area contributed by atoms with E-state index in [2.05, 4.69) is 42.9 Å². The van der Waals surface area contributed by atoms with Gasteiger partial charge in [0.2, 0.25) is 0 Å². The first-order valence-corrected chi connectivity index (χ1v) is 9.46. The summed E-state index contributed by atoms with van der Waals surface area (Å²) in [5.41, 5.74) is 0.212. The van der Waals surface area contributed by atoms with E-state index in [1.807, 2.05) is 0 Å². The summed E-state index contributed by atoms with van der Waals surface area (Å²) in [6.45, 7) is 7.77. The van der Waals surface area contributed by atoms with Gasteiger partial charge in [0.25, 0.3) is 0 Å². The van der Waals surface area contributed by atoms with Crippen molar-refractivity contribution in [1.82, 2.24) is 10.2 Å². The van der Waals surface area contributed by atoms with Gasteiger partial charge < -0.3 is 15.0 Å². The molecule has 0 amide bonds. The average molecular weight is 301 g/mol. The molecule has 0 saturated carbocycles. The zero-order valence-electron chi connectivity index (χ0n) is 13.5. The summed E-state index contributed by atoms with van der Waals surface area (Å²) < 4.78 is 6.16. The lowest BCUT2D eigenvalue weighted by molar-refractivity contribution is -0.0931. The number of likely N-dealkylation sites (N-methyl/N-ethyl adjacent to an activating group) is 1. The lowest BCUT2D eigenvalue weighted by Gasteiger charge is -2.43. The van der Waals surface area contributed by atoms with Crippen LogP contribution in [0.2, 0.25) is 0 Å². The molecule has 3 nitrogen and oxygen atoms in total. The highest BCUT2D eigenvalue weighted by atomic mass is 32.2. The number of thioether (sulfide) groups is 1. The maximum absolute atomic E-state index is 6.16. The van der Waals surface area contributed by atoms with Crippen molar-refractivity contribution >= 4 is 11.8 Å². The van der Waals surface area contributed by atoms with Crippen LogP contribution in [0.25, 0.3) is 0 Å². The highest BCUT2D eigenvalue weighted by Gasteiger charge is 2.38. The van der Waals surface area contributed by atoms with Crippen molar-refractivity contribution in [2.24, 2.45) is 0 Å². The third kappa shape index (κ3) is 4.62. The largest absolute Gasteiger partial charge is 0.375 e. The third-order valence-corrected chi connectivity index (χ3v) is 6.12. The van der Waals surface area contributed by atoms with Crippen LogP contribution in [0.3, 0.4) is 0 Å². The maximum atomic E-state index is 6.16. The monoisotopic (exact) mass is 300 g/mol. The molecule has 0 aromatic rings. The molecule has 2 unspecified atom stereocenters. The second-order valence-corrected chi connectivity index (χ2v) is 7.75. The van der Waals surface area contributed by atoms with E-state index in [9.17, 15) is 0 Å². The molecule has 0 aliphatic carbocycles. The number of ether oxygens (including phenoxy) is 1. The number of nitrogens with one attached hydrogen (secondary N) is 1. The fourth-order valence-electron chi connectivity index (χ4n) is 3.27. The minimum Gasteiger partial charge on any atom is -0.375 e. The molecule has 2 rings (SSSR count). The van der Waals surface area contributed by atoms with Crippen LogP contribution in [-0.4, -0.2) is 60.8 Å². The molecule has 4 heteroatoms. The molecule has 1 N–H and O–H groups in total.